The molecule has 1 aromatic carbocycles. The number of rotatable bonds is 1. The molecule has 0 aromatic heterocycles. The molecule has 20 heavy (non-hydrogen) atoms. The maximum atomic E-state index is 12.7. The van der Waals surface area contributed by atoms with Crippen molar-refractivity contribution in [2.75, 3.05) is 25.0 Å². The van der Waals surface area contributed by atoms with Gasteiger partial charge in [-0.3, -0.25) is 4.79 Å². The lowest BCUT2D eigenvalue weighted by Gasteiger charge is -2.35. The molecule has 0 aliphatic carbocycles. The van der Waals surface area contributed by atoms with Crippen molar-refractivity contribution in [3.05, 3.63) is 29.3 Å². The summed E-state index contributed by atoms with van der Waals surface area (Å²) in [6, 6.07) is 6.13. The van der Waals surface area contributed by atoms with Crippen LogP contribution >= 0.6 is 0 Å². The number of piperidine rings is 1. The lowest BCUT2D eigenvalue weighted by atomic mass is 9.91. The van der Waals surface area contributed by atoms with Gasteiger partial charge in [0.05, 0.1) is 0 Å². The summed E-state index contributed by atoms with van der Waals surface area (Å²) < 4.78 is 0. The number of nitrogens with one attached hydrogen (secondary N) is 1. The van der Waals surface area contributed by atoms with Gasteiger partial charge in [-0.15, -0.1) is 0 Å². The first-order valence-electron chi connectivity index (χ1n) is 7.79. The van der Waals surface area contributed by atoms with E-state index < -0.39 is 0 Å². The average molecular weight is 272 g/mol. The fourth-order valence-electron chi connectivity index (χ4n) is 3.62. The van der Waals surface area contributed by atoms with Gasteiger partial charge in [-0.2, -0.15) is 0 Å². The largest absolute Gasteiger partial charge is 0.385 e. The number of amides is 1. The van der Waals surface area contributed by atoms with E-state index in [9.17, 15) is 4.79 Å². The summed E-state index contributed by atoms with van der Waals surface area (Å²) in [6.45, 7) is 7.33. The molecule has 3 rings (SSSR count). The van der Waals surface area contributed by atoms with Crippen LogP contribution in [0.15, 0.2) is 18.2 Å². The highest BCUT2D eigenvalue weighted by molar-refractivity contribution is 5.95. The Bertz CT molecular complexity index is 502. The number of fused-ring (bicyclic) bond motifs is 1. The Balaban J connectivity index is 1.79. The van der Waals surface area contributed by atoms with Crippen molar-refractivity contribution in [3.63, 3.8) is 0 Å². The van der Waals surface area contributed by atoms with Gasteiger partial charge < -0.3 is 10.2 Å². The Kier molecular flexibility index (Phi) is 3.68. The van der Waals surface area contributed by atoms with Gasteiger partial charge in [0.2, 0.25) is 0 Å². The number of anilines is 1. The molecule has 1 amide bonds. The quantitative estimate of drug-likeness (QED) is 0.851. The number of likely N-dealkylation sites (tertiary alicyclic amines) is 1. The number of hydrogen-bond acceptors (Lipinski definition) is 2. The fourth-order valence-corrected chi connectivity index (χ4v) is 3.62. The summed E-state index contributed by atoms with van der Waals surface area (Å²) in [4.78, 5) is 14.7. The van der Waals surface area contributed by atoms with E-state index in [1.54, 1.807) is 0 Å². The molecular weight excluding hydrogens is 248 g/mol. The van der Waals surface area contributed by atoms with E-state index >= 15 is 0 Å². The molecule has 0 saturated carbocycles. The molecule has 0 bridgehead atoms. The average Bonchev–Trinajstić information content (AvgIpc) is 2.45. The van der Waals surface area contributed by atoms with Crippen molar-refractivity contribution < 1.29 is 4.79 Å². The van der Waals surface area contributed by atoms with Gasteiger partial charge in [-0.25, -0.2) is 0 Å². The third kappa shape index (κ3) is 2.67. The summed E-state index contributed by atoms with van der Waals surface area (Å²) in [5.41, 5.74) is 3.35. The second-order valence-corrected chi connectivity index (χ2v) is 6.56. The van der Waals surface area contributed by atoms with Crippen LogP contribution in [-0.4, -0.2) is 30.4 Å². The number of hydrogen-bond donors (Lipinski definition) is 1. The second kappa shape index (κ2) is 5.47. The minimum Gasteiger partial charge on any atom is -0.385 e. The summed E-state index contributed by atoms with van der Waals surface area (Å²) >= 11 is 0. The van der Waals surface area contributed by atoms with E-state index in [1.165, 1.54) is 17.7 Å². The van der Waals surface area contributed by atoms with Crippen molar-refractivity contribution in [2.24, 2.45) is 11.8 Å². The molecule has 3 heteroatoms. The van der Waals surface area contributed by atoms with Crippen LogP contribution in [0.2, 0.25) is 0 Å². The molecule has 1 aromatic rings. The first-order chi connectivity index (χ1) is 9.63. The van der Waals surface area contributed by atoms with E-state index in [2.05, 4.69) is 31.3 Å². The second-order valence-electron chi connectivity index (χ2n) is 6.56. The zero-order valence-electron chi connectivity index (χ0n) is 12.5. The molecule has 2 heterocycles. The van der Waals surface area contributed by atoms with Crippen molar-refractivity contribution >= 4 is 11.6 Å². The minimum absolute atomic E-state index is 0.205. The van der Waals surface area contributed by atoms with Crippen LogP contribution in [0.4, 0.5) is 5.69 Å². The summed E-state index contributed by atoms with van der Waals surface area (Å²) in [6.07, 6.45) is 3.47. The van der Waals surface area contributed by atoms with E-state index in [0.717, 1.165) is 38.0 Å². The highest BCUT2D eigenvalue weighted by Crippen LogP contribution is 2.26. The van der Waals surface area contributed by atoms with Crippen LogP contribution in [0.3, 0.4) is 0 Å². The molecule has 0 spiro atoms. The van der Waals surface area contributed by atoms with E-state index in [-0.39, 0.29) is 5.91 Å². The molecule has 3 nitrogen and oxygen atoms in total. The van der Waals surface area contributed by atoms with Gasteiger partial charge >= 0.3 is 0 Å². The number of carbonyl (C=O) groups excluding carboxylic acids is 1. The van der Waals surface area contributed by atoms with Crippen molar-refractivity contribution in [2.45, 2.75) is 33.1 Å². The Labute approximate surface area is 121 Å². The van der Waals surface area contributed by atoms with E-state index in [4.69, 9.17) is 0 Å². The van der Waals surface area contributed by atoms with Gasteiger partial charge in [-0.1, -0.05) is 13.8 Å². The number of aryl methyl sites for hydroxylation is 1. The van der Waals surface area contributed by atoms with Gasteiger partial charge in [0.15, 0.2) is 0 Å². The molecule has 1 N–H and O–H groups in total. The van der Waals surface area contributed by atoms with Crippen LogP contribution in [0.1, 0.15) is 42.6 Å². The Morgan fingerprint density at radius 3 is 2.75 bits per heavy atom. The monoisotopic (exact) mass is 272 g/mol. The maximum absolute atomic E-state index is 12.7. The molecule has 1 saturated heterocycles. The first-order valence-corrected chi connectivity index (χ1v) is 7.79. The molecule has 2 aliphatic heterocycles. The van der Waals surface area contributed by atoms with E-state index in [1.807, 2.05) is 11.0 Å². The zero-order chi connectivity index (χ0) is 14.1. The predicted molar refractivity (Wildman–Crippen MR) is 82.1 cm³/mol. The first kappa shape index (κ1) is 13.5. The highest BCUT2D eigenvalue weighted by Gasteiger charge is 2.26. The number of nitrogens with zero attached hydrogens (tertiary/aromatic N) is 1. The molecule has 2 atom stereocenters. The van der Waals surface area contributed by atoms with Crippen LogP contribution < -0.4 is 5.32 Å². The van der Waals surface area contributed by atoms with Gasteiger partial charge in [0.25, 0.3) is 5.91 Å². The predicted octanol–water partition coefficient (Wildman–Crippen LogP) is 3.16. The Morgan fingerprint density at radius 1 is 1.25 bits per heavy atom. The maximum Gasteiger partial charge on any atom is 0.253 e. The van der Waals surface area contributed by atoms with Crippen LogP contribution in [0.5, 0.6) is 0 Å². The van der Waals surface area contributed by atoms with Crippen molar-refractivity contribution in [1.29, 1.82) is 0 Å². The molecule has 2 unspecified atom stereocenters. The van der Waals surface area contributed by atoms with Crippen LogP contribution in [-0.2, 0) is 6.42 Å². The summed E-state index contributed by atoms with van der Waals surface area (Å²) in [5, 5.41) is 3.40. The Hall–Kier alpha value is -1.51. The smallest absolute Gasteiger partial charge is 0.253 e. The third-order valence-electron chi connectivity index (χ3n) is 4.45. The van der Waals surface area contributed by atoms with Crippen LogP contribution in [0.25, 0.3) is 0 Å². The molecule has 108 valence electrons. The topological polar surface area (TPSA) is 32.3 Å². The summed E-state index contributed by atoms with van der Waals surface area (Å²) in [5.74, 6) is 1.43. The van der Waals surface area contributed by atoms with Gasteiger partial charge in [-0.05, 0) is 54.9 Å². The van der Waals surface area contributed by atoms with Crippen molar-refractivity contribution in [1.82, 2.24) is 4.90 Å². The van der Waals surface area contributed by atoms with Gasteiger partial charge in [0, 0.05) is 30.9 Å². The normalized spacial score (nSPS) is 25.8. The minimum atomic E-state index is 0.205. The lowest BCUT2D eigenvalue weighted by molar-refractivity contribution is 0.0623. The molecule has 1 fully saturated rings. The molecule has 2 aliphatic rings. The van der Waals surface area contributed by atoms with Crippen molar-refractivity contribution in [3.8, 4) is 0 Å². The number of benzene rings is 1. The number of carbonyl (C=O) groups is 1. The third-order valence-corrected chi connectivity index (χ3v) is 4.45. The highest BCUT2D eigenvalue weighted by atomic mass is 16.2. The lowest BCUT2D eigenvalue weighted by Crippen LogP contribution is -2.42. The van der Waals surface area contributed by atoms with Crippen LogP contribution in [0, 0.1) is 11.8 Å². The standard InChI is InChI=1S/C17H24N2O/c1-12-8-13(2)11-19(10-12)17(20)15-5-6-16-14(9-15)4-3-7-18-16/h5-6,9,12-13,18H,3-4,7-8,10-11H2,1-2H3. The Morgan fingerprint density at radius 2 is 2.00 bits per heavy atom. The summed E-state index contributed by atoms with van der Waals surface area (Å²) in [7, 11) is 0. The SMILES string of the molecule is CC1CC(C)CN(C(=O)c2ccc3c(c2)CCCN3)C1. The molecule has 0 radical (unpaired) electrons. The molecular formula is C17H24N2O. The van der Waals surface area contributed by atoms with E-state index in [0.29, 0.717) is 11.8 Å². The fraction of sp³-hybridized carbons (Fsp3) is 0.588. The van der Waals surface area contributed by atoms with Gasteiger partial charge in [0.1, 0.15) is 0 Å². The zero-order valence-corrected chi connectivity index (χ0v) is 12.5.